The number of carboxylic acid groups (broad SMARTS) is 1. The number of amides is 1. The molecule has 6 heteroatoms. The van der Waals surface area contributed by atoms with Gasteiger partial charge in [-0.05, 0) is 18.4 Å². The van der Waals surface area contributed by atoms with Gasteiger partial charge in [-0.15, -0.1) is 0 Å². The summed E-state index contributed by atoms with van der Waals surface area (Å²) in [4.78, 5) is 20.3. The van der Waals surface area contributed by atoms with Crippen molar-refractivity contribution in [2.24, 2.45) is 0 Å². The summed E-state index contributed by atoms with van der Waals surface area (Å²) in [7, 11) is 0. The van der Waals surface area contributed by atoms with Gasteiger partial charge in [-0.3, -0.25) is 4.79 Å². The molecule has 0 spiro atoms. The van der Waals surface area contributed by atoms with Crippen LogP contribution < -0.4 is 34.9 Å². The molecule has 0 fully saturated rings. The predicted molar refractivity (Wildman–Crippen MR) is 44.7 cm³/mol. The maximum absolute atomic E-state index is 10.4. The molecule has 1 amide bonds. The Balaban J connectivity index is -0.000000500. The molecule has 0 aliphatic heterocycles. The molecule has 0 unspecified atom stereocenters. The first-order chi connectivity index (χ1) is 5.22. The summed E-state index contributed by atoms with van der Waals surface area (Å²) in [5.74, 6) is -0.246. The zero-order valence-electron chi connectivity index (χ0n) is 8.24. The van der Waals surface area contributed by atoms with Crippen molar-refractivity contribution >= 4 is 24.1 Å². The summed E-state index contributed by atoms with van der Waals surface area (Å²) in [6, 6.07) is -0.736. The first-order valence-electron chi connectivity index (χ1n) is 3.13. The fourth-order valence-electron chi connectivity index (χ4n) is 0.596. The molecular weight excluding hydrogens is 189 g/mol. The van der Waals surface area contributed by atoms with Crippen molar-refractivity contribution in [1.29, 1.82) is 0 Å². The molecule has 0 aromatic heterocycles. The van der Waals surface area contributed by atoms with Crippen LogP contribution in [0.25, 0.3) is 0 Å². The Labute approximate surface area is 99.3 Å². The molecule has 0 bridgehead atoms. The minimum absolute atomic E-state index is 0. The quantitative estimate of drug-likeness (QED) is 0.356. The van der Waals surface area contributed by atoms with Gasteiger partial charge < -0.3 is 11.8 Å². The topological polar surface area (TPSA) is 66.4 Å². The van der Waals surface area contributed by atoms with Gasteiger partial charge >= 0.3 is 35.5 Å². The molecule has 0 aromatic rings. The van der Waals surface area contributed by atoms with Crippen LogP contribution in [0.5, 0.6) is 0 Å². The van der Waals surface area contributed by atoms with Crippen molar-refractivity contribution in [3.05, 3.63) is 0 Å². The molecule has 0 heterocycles. The van der Waals surface area contributed by atoms with Crippen LogP contribution >= 0.6 is 11.8 Å². The normalized spacial score (nSPS) is 11.1. The SMILES string of the molecule is CSCC[C@H](NC=O)C(=O)O.[H-].[Na+]. The third-order valence-electron chi connectivity index (χ3n) is 1.18. The molecule has 1 atom stereocenters. The summed E-state index contributed by atoms with van der Waals surface area (Å²) in [5, 5.41) is 10.7. The molecule has 0 saturated heterocycles. The number of carboxylic acids is 1. The molecule has 0 aromatic carbocycles. The number of hydrogen-bond acceptors (Lipinski definition) is 3. The molecular formula is C6H12NNaO3S. The molecule has 4 nitrogen and oxygen atoms in total. The largest absolute Gasteiger partial charge is 1.00 e. The summed E-state index contributed by atoms with van der Waals surface area (Å²) < 4.78 is 0. The van der Waals surface area contributed by atoms with Crippen LogP contribution in [0.2, 0.25) is 0 Å². The first kappa shape index (κ1) is 14.8. The van der Waals surface area contributed by atoms with Crippen LogP contribution in [0.4, 0.5) is 0 Å². The zero-order valence-corrected chi connectivity index (χ0v) is 10.1. The summed E-state index contributed by atoms with van der Waals surface area (Å²) in [6.45, 7) is 0. The van der Waals surface area contributed by atoms with Crippen LogP contribution in [0.1, 0.15) is 7.85 Å². The summed E-state index contributed by atoms with van der Waals surface area (Å²) in [5.41, 5.74) is 0. The van der Waals surface area contributed by atoms with Gasteiger partial charge in [-0.25, -0.2) is 4.79 Å². The minimum Gasteiger partial charge on any atom is -1.00 e. The molecule has 2 N–H and O–H groups in total. The standard InChI is InChI=1S/C6H11NO3S.Na.H/c1-11-3-2-5(6(9)10)7-4-8;;/h4-5H,2-3H2,1H3,(H,7,8)(H,9,10);;/q;+1;-1/t5-;;/m0../s1. The Morgan fingerprint density at radius 2 is 2.42 bits per heavy atom. The molecule has 0 saturated carbocycles. The third-order valence-corrected chi connectivity index (χ3v) is 1.82. The number of rotatable bonds is 6. The summed E-state index contributed by atoms with van der Waals surface area (Å²) in [6.07, 6.45) is 2.77. The van der Waals surface area contributed by atoms with Crippen LogP contribution in [0.15, 0.2) is 0 Å². The Morgan fingerprint density at radius 3 is 2.75 bits per heavy atom. The second-order valence-corrected chi connectivity index (χ2v) is 2.94. The number of aliphatic carboxylic acids is 1. The van der Waals surface area contributed by atoms with E-state index >= 15 is 0 Å². The predicted octanol–water partition coefficient (Wildman–Crippen LogP) is -2.94. The number of carbonyl (C=O) groups is 2. The molecule has 0 aliphatic rings. The maximum Gasteiger partial charge on any atom is 1.00 e. The summed E-state index contributed by atoms with van der Waals surface area (Å²) >= 11 is 1.55. The van der Waals surface area contributed by atoms with Gasteiger partial charge in [0.1, 0.15) is 6.04 Å². The van der Waals surface area contributed by atoms with Gasteiger partial charge in [0.25, 0.3) is 0 Å². The molecule has 0 radical (unpaired) electrons. The molecule has 0 aliphatic carbocycles. The number of hydrogen-bond donors (Lipinski definition) is 2. The van der Waals surface area contributed by atoms with Crippen molar-refractivity contribution in [3.63, 3.8) is 0 Å². The number of nitrogens with one attached hydrogen (secondary N) is 1. The molecule has 66 valence electrons. The van der Waals surface area contributed by atoms with Crippen LogP contribution in [0.3, 0.4) is 0 Å². The second kappa shape index (κ2) is 9.38. The van der Waals surface area contributed by atoms with Crippen LogP contribution in [-0.2, 0) is 9.59 Å². The smallest absolute Gasteiger partial charge is 1.00 e. The van der Waals surface area contributed by atoms with Gasteiger partial charge in [0.2, 0.25) is 6.41 Å². The van der Waals surface area contributed by atoms with E-state index in [1.165, 1.54) is 0 Å². The van der Waals surface area contributed by atoms with Crippen molar-refractivity contribution in [3.8, 4) is 0 Å². The van der Waals surface area contributed by atoms with Crippen molar-refractivity contribution in [2.45, 2.75) is 12.5 Å². The van der Waals surface area contributed by atoms with E-state index in [4.69, 9.17) is 5.11 Å². The average molecular weight is 201 g/mol. The Kier molecular flexibility index (Phi) is 11.6. The molecule has 12 heavy (non-hydrogen) atoms. The fourth-order valence-corrected chi connectivity index (χ4v) is 1.07. The average Bonchev–Trinajstić information content (AvgIpc) is 1.97. The van der Waals surface area contributed by atoms with Crippen molar-refractivity contribution < 1.29 is 45.7 Å². The Bertz CT molecular complexity index is 150. The van der Waals surface area contributed by atoms with Crippen molar-refractivity contribution in [1.82, 2.24) is 5.32 Å². The van der Waals surface area contributed by atoms with E-state index in [-0.39, 0.29) is 31.0 Å². The third kappa shape index (κ3) is 6.97. The van der Waals surface area contributed by atoms with Gasteiger partial charge in [0.15, 0.2) is 0 Å². The van der Waals surface area contributed by atoms with E-state index in [1.54, 1.807) is 11.8 Å². The van der Waals surface area contributed by atoms with Gasteiger partial charge in [-0.2, -0.15) is 11.8 Å². The molecule has 0 rings (SSSR count). The Hall–Kier alpha value is 0.290. The van der Waals surface area contributed by atoms with Gasteiger partial charge in [0, 0.05) is 0 Å². The second-order valence-electron chi connectivity index (χ2n) is 1.96. The van der Waals surface area contributed by atoms with Crippen LogP contribution in [-0.4, -0.2) is 35.5 Å². The van der Waals surface area contributed by atoms with E-state index in [0.717, 1.165) is 5.75 Å². The minimum atomic E-state index is -0.980. The van der Waals surface area contributed by atoms with E-state index in [0.29, 0.717) is 12.8 Å². The fraction of sp³-hybridized carbons (Fsp3) is 0.667. The van der Waals surface area contributed by atoms with E-state index < -0.39 is 12.0 Å². The number of carbonyl (C=O) groups excluding carboxylic acids is 1. The van der Waals surface area contributed by atoms with Gasteiger partial charge in [0.05, 0.1) is 0 Å². The monoisotopic (exact) mass is 201 g/mol. The van der Waals surface area contributed by atoms with E-state index in [9.17, 15) is 9.59 Å². The Morgan fingerprint density at radius 1 is 1.83 bits per heavy atom. The van der Waals surface area contributed by atoms with E-state index in [2.05, 4.69) is 5.32 Å². The van der Waals surface area contributed by atoms with Crippen LogP contribution in [0, 0.1) is 0 Å². The first-order valence-corrected chi connectivity index (χ1v) is 4.53. The zero-order chi connectivity index (χ0) is 8.69. The van der Waals surface area contributed by atoms with Crippen molar-refractivity contribution in [2.75, 3.05) is 12.0 Å². The number of thioether (sulfide) groups is 1. The maximum atomic E-state index is 10.4. The van der Waals surface area contributed by atoms with E-state index in [1.807, 2.05) is 6.26 Å². The van der Waals surface area contributed by atoms with Gasteiger partial charge in [-0.1, -0.05) is 0 Å².